The van der Waals surface area contributed by atoms with Gasteiger partial charge in [0.05, 0.1) is 0 Å². The monoisotopic (exact) mass is 203 g/mol. The Bertz CT molecular complexity index is 324. The van der Waals surface area contributed by atoms with Gasteiger partial charge >= 0.3 is 0 Å². The van der Waals surface area contributed by atoms with E-state index in [1.807, 2.05) is 17.7 Å². The van der Waals surface area contributed by atoms with E-state index >= 15 is 0 Å². The van der Waals surface area contributed by atoms with Crippen LogP contribution in [-0.2, 0) is 12.5 Å². The summed E-state index contributed by atoms with van der Waals surface area (Å²) in [6.07, 6.45) is 2.46. The average molecular weight is 204 g/mol. The van der Waals surface area contributed by atoms with E-state index in [0.29, 0.717) is 5.41 Å². The van der Waals surface area contributed by atoms with Crippen molar-refractivity contribution >= 4 is 23.2 Å². The Morgan fingerprint density at radius 2 is 2.00 bits per heavy atom. The molecular formula is C9H11Cl2N. The van der Waals surface area contributed by atoms with Gasteiger partial charge in [-0.1, -0.05) is 30.1 Å². The Hall–Kier alpha value is -0.140. The SMILES string of the molecule is Cn1c(Cl)cc(C2(C)CC2)c1Cl. The fourth-order valence-corrected chi connectivity index (χ4v) is 2.04. The number of hydrogen-bond acceptors (Lipinski definition) is 0. The van der Waals surface area contributed by atoms with E-state index in [4.69, 9.17) is 23.2 Å². The van der Waals surface area contributed by atoms with E-state index in [9.17, 15) is 0 Å². The van der Waals surface area contributed by atoms with Crippen LogP contribution >= 0.6 is 23.2 Å². The zero-order chi connectivity index (χ0) is 8.93. The van der Waals surface area contributed by atoms with Crippen LogP contribution in [0.4, 0.5) is 0 Å². The van der Waals surface area contributed by atoms with Gasteiger partial charge in [0.15, 0.2) is 0 Å². The molecule has 2 rings (SSSR count). The predicted molar refractivity (Wildman–Crippen MR) is 52.0 cm³/mol. The lowest BCUT2D eigenvalue weighted by molar-refractivity contribution is 0.781. The first-order valence-electron chi connectivity index (χ1n) is 4.06. The third-order valence-electron chi connectivity index (χ3n) is 2.75. The van der Waals surface area contributed by atoms with Crippen LogP contribution in [0.2, 0.25) is 10.3 Å². The largest absolute Gasteiger partial charge is 0.326 e. The Kier molecular flexibility index (Phi) is 1.71. The quantitative estimate of drug-likeness (QED) is 0.660. The van der Waals surface area contributed by atoms with E-state index < -0.39 is 0 Å². The van der Waals surface area contributed by atoms with Gasteiger partial charge in [0.1, 0.15) is 10.3 Å². The lowest BCUT2D eigenvalue weighted by Gasteiger charge is -2.05. The molecule has 0 atom stereocenters. The first kappa shape index (κ1) is 8.46. The maximum Gasteiger partial charge on any atom is 0.113 e. The summed E-state index contributed by atoms with van der Waals surface area (Å²) in [5.74, 6) is 0. The van der Waals surface area contributed by atoms with Crippen molar-refractivity contribution in [2.75, 3.05) is 0 Å². The Morgan fingerprint density at radius 3 is 2.33 bits per heavy atom. The zero-order valence-corrected chi connectivity index (χ0v) is 8.71. The predicted octanol–water partition coefficient (Wildman–Crippen LogP) is 3.38. The number of aromatic nitrogens is 1. The first-order chi connectivity index (χ1) is 5.54. The second-order valence-corrected chi connectivity index (χ2v) is 4.54. The average Bonchev–Trinajstić information content (AvgIpc) is 2.71. The minimum absolute atomic E-state index is 0.308. The lowest BCUT2D eigenvalue weighted by atomic mass is 10.0. The number of nitrogens with zero attached hydrogens (tertiary/aromatic N) is 1. The van der Waals surface area contributed by atoms with Crippen molar-refractivity contribution < 1.29 is 0 Å². The standard InChI is InChI=1S/C9H11Cl2N/c1-9(3-4-9)6-5-7(10)12(2)8(6)11/h5H,3-4H2,1-2H3. The molecule has 0 saturated heterocycles. The zero-order valence-electron chi connectivity index (χ0n) is 7.19. The van der Waals surface area contributed by atoms with Crippen molar-refractivity contribution in [3.05, 3.63) is 21.9 Å². The van der Waals surface area contributed by atoms with Gasteiger partial charge < -0.3 is 4.57 Å². The first-order valence-corrected chi connectivity index (χ1v) is 4.81. The van der Waals surface area contributed by atoms with Crippen LogP contribution in [0.25, 0.3) is 0 Å². The molecule has 1 fully saturated rings. The molecular weight excluding hydrogens is 193 g/mol. The van der Waals surface area contributed by atoms with Gasteiger partial charge in [0.25, 0.3) is 0 Å². The van der Waals surface area contributed by atoms with Crippen molar-refractivity contribution in [2.24, 2.45) is 7.05 Å². The second-order valence-electron chi connectivity index (χ2n) is 3.79. The molecule has 1 aromatic heterocycles. The molecule has 0 unspecified atom stereocenters. The summed E-state index contributed by atoms with van der Waals surface area (Å²) in [6, 6.07) is 1.98. The van der Waals surface area contributed by atoms with Gasteiger partial charge in [-0.2, -0.15) is 0 Å². The van der Waals surface area contributed by atoms with Gasteiger partial charge in [-0.25, -0.2) is 0 Å². The van der Waals surface area contributed by atoms with Crippen molar-refractivity contribution in [3.63, 3.8) is 0 Å². The topological polar surface area (TPSA) is 4.93 Å². The van der Waals surface area contributed by atoms with Gasteiger partial charge in [-0.3, -0.25) is 0 Å². The maximum atomic E-state index is 6.12. The van der Waals surface area contributed by atoms with E-state index in [0.717, 1.165) is 10.3 Å². The molecule has 12 heavy (non-hydrogen) atoms. The van der Waals surface area contributed by atoms with Gasteiger partial charge in [-0.05, 0) is 29.9 Å². The highest BCUT2D eigenvalue weighted by Crippen LogP contribution is 2.51. The van der Waals surface area contributed by atoms with E-state index in [1.165, 1.54) is 18.4 Å². The molecule has 1 aliphatic rings. The minimum Gasteiger partial charge on any atom is -0.326 e. The van der Waals surface area contributed by atoms with Crippen molar-refractivity contribution in [1.82, 2.24) is 4.57 Å². The molecule has 0 spiro atoms. The highest BCUT2D eigenvalue weighted by molar-refractivity contribution is 6.34. The normalized spacial score (nSPS) is 19.7. The van der Waals surface area contributed by atoms with Crippen LogP contribution in [0.3, 0.4) is 0 Å². The van der Waals surface area contributed by atoms with E-state index in [1.54, 1.807) is 0 Å². The van der Waals surface area contributed by atoms with Crippen molar-refractivity contribution in [2.45, 2.75) is 25.2 Å². The van der Waals surface area contributed by atoms with Crippen molar-refractivity contribution in [3.8, 4) is 0 Å². The van der Waals surface area contributed by atoms with E-state index in [-0.39, 0.29) is 0 Å². The molecule has 0 radical (unpaired) electrons. The molecule has 3 heteroatoms. The number of rotatable bonds is 1. The van der Waals surface area contributed by atoms with Gasteiger partial charge in [-0.15, -0.1) is 0 Å². The molecule has 0 aliphatic heterocycles. The summed E-state index contributed by atoms with van der Waals surface area (Å²) in [5, 5.41) is 1.52. The van der Waals surface area contributed by atoms with Crippen LogP contribution < -0.4 is 0 Å². The fourth-order valence-electron chi connectivity index (χ4n) is 1.43. The molecule has 0 bridgehead atoms. The molecule has 66 valence electrons. The van der Waals surface area contributed by atoms with Crippen LogP contribution in [0.1, 0.15) is 25.3 Å². The van der Waals surface area contributed by atoms with Crippen LogP contribution in [-0.4, -0.2) is 4.57 Å². The summed E-state index contributed by atoms with van der Waals surface area (Å²) in [4.78, 5) is 0. The van der Waals surface area contributed by atoms with Crippen LogP contribution in [0.15, 0.2) is 6.07 Å². The summed E-state index contributed by atoms with van der Waals surface area (Å²) < 4.78 is 1.82. The molecule has 1 aromatic rings. The Labute approximate surface area is 82.3 Å². The lowest BCUT2D eigenvalue weighted by Crippen LogP contribution is -1.99. The fraction of sp³-hybridized carbons (Fsp3) is 0.556. The smallest absolute Gasteiger partial charge is 0.113 e. The summed E-state index contributed by atoms with van der Waals surface area (Å²) in [7, 11) is 1.89. The number of halogens is 2. The van der Waals surface area contributed by atoms with Crippen LogP contribution in [0.5, 0.6) is 0 Å². The Morgan fingerprint density at radius 1 is 1.42 bits per heavy atom. The number of hydrogen-bond donors (Lipinski definition) is 0. The van der Waals surface area contributed by atoms with Gasteiger partial charge in [0, 0.05) is 7.05 Å². The van der Waals surface area contributed by atoms with Crippen molar-refractivity contribution in [1.29, 1.82) is 0 Å². The third kappa shape index (κ3) is 1.07. The molecule has 1 aliphatic carbocycles. The van der Waals surface area contributed by atoms with Gasteiger partial charge in [0.2, 0.25) is 0 Å². The summed E-state index contributed by atoms with van der Waals surface area (Å²) >= 11 is 12.1. The maximum absolute atomic E-state index is 6.12. The molecule has 0 aromatic carbocycles. The second kappa shape index (κ2) is 2.43. The Balaban J connectivity index is 2.51. The van der Waals surface area contributed by atoms with E-state index in [2.05, 4.69) is 6.92 Å². The molecule has 1 heterocycles. The highest BCUT2D eigenvalue weighted by Gasteiger charge is 2.41. The summed E-state index contributed by atoms with van der Waals surface area (Å²) in [5.41, 5.74) is 1.51. The molecule has 0 N–H and O–H groups in total. The highest BCUT2D eigenvalue weighted by atomic mass is 35.5. The third-order valence-corrected chi connectivity index (χ3v) is 3.57. The van der Waals surface area contributed by atoms with Crippen LogP contribution in [0, 0.1) is 0 Å². The summed E-state index contributed by atoms with van der Waals surface area (Å²) in [6.45, 7) is 2.23. The molecule has 1 saturated carbocycles. The minimum atomic E-state index is 0.308. The molecule has 0 amide bonds. The molecule has 1 nitrogen and oxygen atoms in total.